The van der Waals surface area contributed by atoms with Crippen molar-refractivity contribution in [2.24, 2.45) is 10.9 Å². The SMILES string of the molecule is CC[C@@H](C)[C@H]1CSC(=Nc2ccc([N+](=O)[O-])cc2C)N1C. The summed E-state index contributed by atoms with van der Waals surface area (Å²) >= 11 is 1.76. The lowest BCUT2D eigenvalue weighted by molar-refractivity contribution is -0.384. The zero-order valence-corrected chi connectivity index (χ0v) is 13.7. The number of benzene rings is 1. The van der Waals surface area contributed by atoms with Crippen LogP contribution in [0.15, 0.2) is 23.2 Å². The summed E-state index contributed by atoms with van der Waals surface area (Å²) in [7, 11) is 2.08. The molecule has 1 aliphatic heterocycles. The number of amidine groups is 1. The van der Waals surface area contributed by atoms with Gasteiger partial charge in [-0.1, -0.05) is 32.0 Å². The Labute approximate surface area is 129 Å². The number of aliphatic imine (C=N–C) groups is 1. The first kappa shape index (κ1) is 15.8. The number of nitro benzene ring substituents is 1. The van der Waals surface area contributed by atoms with Crippen LogP contribution in [0.2, 0.25) is 0 Å². The Morgan fingerprint density at radius 3 is 2.86 bits per heavy atom. The summed E-state index contributed by atoms with van der Waals surface area (Å²) in [6.07, 6.45) is 1.15. The molecule has 1 aromatic carbocycles. The molecule has 0 saturated carbocycles. The van der Waals surface area contributed by atoms with E-state index in [9.17, 15) is 10.1 Å². The first-order chi connectivity index (χ1) is 9.93. The molecule has 114 valence electrons. The molecule has 1 aromatic rings. The summed E-state index contributed by atoms with van der Waals surface area (Å²) < 4.78 is 0. The van der Waals surface area contributed by atoms with Crippen LogP contribution in [-0.2, 0) is 0 Å². The maximum absolute atomic E-state index is 10.8. The lowest BCUT2D eigenvalue weighted by atomic mass is 10.0. The molecular formula is C15H21N3O2S. The Hall–Kier alpha value is -1.56. The van der Waals surface area contributed by atoms with Crippen LogP contribution in [0.5, 0.6) is 0 Å². The topological polar surface area (TPSA) is 58.7 Å². The van der Waals surface area contributed by atoms with Gasteiger partial charge in [0.2, 0.25) is 0 Å². The highest BCUT2D eigenvalue weighted by molar-refractivity contribution is 8.14. The van der Waals surface area contributed by atoms with Crippen LogP contribution in [0, 0.1) is 23.0 Å². The fraction of sp³-hybridized carbons (Fsp3) is 0.533. The zero-order valence-electron chi connectivity index (χ0n) is 12.9. The molecule has 0 unspecified atom stereocenters. The van der Waals surface area contributed by atoms with Gasteiger partial charge < -0.3 is 4.90 Å². The predicted octanol–water partition coefficient (Wildman–Crippen LogP) is 3.98. The average molecular weight is 307 g/mol. The van der Waals surface area contributed by atoms with Gasteiger partial charge in [-0.3, -0.25) is 10.1 Å². The second-order valence-electron chi connectivity index (χ2n) is 5.50. The van der Waals surface area contributed by atoms with Crippen LogP contribution >= 0.6 is 11.8 Å². The number of nitro groups is 1. The van der Waals surface area contributed by atoms with Crippen molar-refractivity contribution >= 4 is 28.3 Å². The molecule has 1 saturated heterocycles. The summed E-state index contributed by atoms with van der Waals surface area (Å²) in [6, 6.07) is 5.33. The van der Waals surface area contributed by atoms with E-state index < -0.39 is 0 Å². The number of nitrogens with zero attached hydrogens (tertiary/aromatic N) is 3. The standard InChI is InChI=1S/C15H21N3O2S/c1-5-10(2)14-9-21-15(17(14)4)16-13-7-6-12(18(19)20)8-11(13)3/h6-8,10,14H,5,9H2,1-4H3/t10-,14-/m1/s1. The van der Waals surface area contributed by atoms with Crippen molar-refractivity contribution in [3.05, 3.63) is 33.9 Å². The maximum atomic E-state index is 10.8. The van der Waals surface area contributed by atoms with Crippen LogP contribution in [0.25, 0.3) is 0 Å². The quantitative estimate of drug-likeness (QED) is 0.623. The highest BCUT2D eigenvalue weighted by atomic mass is 32.2. The molecule has 1 aliphatic rings. The third-order valence-electron chi connectivity index (χ3n) is 4.09. The highest BCUT2D eigenvalue weighted by Crippen LogP contribution is 2.32. The molecule has 6 heteroatoms. The molecule has 0 amide bonds. The summed E-state index contributed by atoms with van der Waals surface area (Å²) in [5, 5.41) is 11.8. The van der Waals surface area contributed by atoms with Crippen LogP contribution in [0.4, 0.5) is 11.4 Å². The normalized spacial score (nSPS) is 21.8. The minimum Gasteiger partial charge on any atom is -0.350 e. The molecule has 0 spiro atoms. The molecule has 0 aromatic heterocycles. The summed E-state index contributed by atoms with van der Waals surface area (Å²) in [5.41, 5.74) is 1.75. The number of hydrogen-bond acceptors (Lipinski definition) is 4. The second kappa shape index (κ2) is 6.47. The summed E-state index contributed by atoms with van der Waals surface area (Å²) in [6.45, 7) is 6.33. The Kier molecular flexibility index (Phi) is 4.88. The lowest BCUT2D eigenvalue weighted by Gasteiger charge is -2.25. The van der Waals surface area contributed by atoms with Crippen molar-refractivity contribution in [2.75, 3.05) is 12.8 Å². The summed E-state index contributed by atoms with van der Waals surface area (Å²) in [5.74, 6) is 1.68. The number of thioether (sulfide) groups is 1. The van der Waals surface area contributed by atoms with Gasteiger partial charge in [-0.05, 0) is 24.5 Å². The first-order valence-corrected chi connectivity index (χ1v) is 8.12. The first-order valence-electron chi connectivity index (χ1n) is 7.13. The predicted molar refractivity (Wildman–Crippen MR) is 88.4 cm³/mol. The smallest absolute Gasteiger partial charge is 0.269 e. The van der Waals surface area contributed by atoms with E-state index in [2.05, 4.69) is 30.8 Å². The fourth-order valence-electron chi connectivity index (χ4n) is 2.43. The minimum atomic E-state index is -0.376. The van der Waals surface area contributed by atoms with Crippen molar-refractivity contribution in [1.29, 1.82) is 0 Å². The molecule has 2 atom stereocenters. The highest BCUT2D eigenvalue weighted by Gasteiger charge is 2.30. The number of rotatable bonds is 4. The van der Waals surface area contributed by atoms with E-state index in [1.807, 2.05) is 6.92 Å². The molecule has 1 fully saturated rings. The largest absolute Gasteiger partial charge is 0.350 e. The molecular weight excluding hydrogens is 286 g/mol. The van der Waals surface area contributed by atoms with Crippen LogP contribution in [0.3, 0.4) is 0 Å². The minimum absolute atomic E-state index is 0.112. The van der Waals surface area contributed by atoms with Gasteiger partial charge in [-0.2, -0.15) is 0 Å². The third-order valence-corrected chi connectivity index (χ3v) is 5.24. The van der Waals surface area contributed by atoms with Crippen LogP contribution < -0.4 is 0 Å². The van der Waals surface area contributed by atoms with Crippen molar-refractivity contribution in [3.8, 4) is 0 Å². The Bertz CT molecular complexity index is 574. The molecule has 0 radical (unpaired) electrons. The number of non-ortho nitro benzene ring substituents is 1. The Morgan fingerprint density at radius 2 is 2.29 bits per heavy atom. The van der Waals surface area contributed by atoms with Gasteiger partial charge in [-0.15, -0.1) is 0 Å². The summed E-state index contributed by atoms with van der Waals surface area (Å²) in [4.78, 5) is 17.3. The maximum Gasteiger partial charge on any atom is 0.269 e. The van der Waals surface area contributed by atoms with E-state index in [4.69, 9.17) is 0 Å². The van der Waals surface area contributed by atoms with E-state index in [1.165, 1.54) is 6.07 Å². The van der Waals surface area contributed by atoms with Crippen molar-refractivity contribution < 1.29 is 4.92 Å². The van der Waals surface area contributed by atoms with E-state index in [0.717, 1.165) is 28.6 Å². The monoisotopic (exact) mass is 307 g/mol. The molecule has 0 N–H and O–H groups in total. The molecule has 21 heavy (non-hydrogen) atoms. The van der Waals surface area contributed by atoms with Crippen molar-refractivity contribution in [2.45, 2.75) is 33.2 Å². The number of hydrogen-bond donors (Lipinski definition) is 0. The van der Waals surface area contributed by atoms with Gasteiger partial charge in [0.05, 0.1) is 10.6 Å². The molecule has 1 heterocycles. The average Bonchev–Trinajstić information content (AvgIpc) is 2.81. The van der Waals surface area contributed by atoms with Gasteiger partial charge >= 0.3 is 0 Å². The van der Waals surface area contributed by atoms with E-state index in [0.29, 0.717) is 12.0 Å². The zero-order chi connectivity index (χ0) is 15.6. The van der Waals surface area contributed by atoms with Gasteiger partial charge in [0.1, 0.15) is 0 Å². The fourth-order valence-corrected chi connectivity index (χ4v) is 3.80. The Balaban J connectivity index is 2.23. The van der Waals surface area contributed by atoms with Crippen molar-refractivity contribution in [3.63, 3.8) is 0 Å². The molecule has 0 bridgehead atoms. The van der Waals surface area contributed by atoms with Gasteiger partial charge in [-0.25, -0.2) is 4.99 Å². The van der Waals surface area contributed by atoms with Crippen LogP contribution in [-0.4, -0.2) is 33.8 Å². The molecule has 2 rings (SSSR count). The second-order valence-corrected chi connectivity index (χ2v) is 6.48. The van der Waals surface area contributed by atoms with Crippen molar-refractivity contribution in [1.82, 2.24) is 4.90 Å². The van der Waals surface area contributed by atoms with E-state index in [-0.39, 0.29) is 10.6 Å². The third kappa shape index (κ3) is 3.37. The molecule has 5 nitrogen and oxygen atoms in total. The van der Waals surface area contributed by atoms with Gasteiger partial charge in [0.25, 0.3) is 5.69 Å². The van der Waals surface area contributed by atoms with E-state index >= 15 is 0 Å². The number of aryl methyl sites for hydroxylation is 1. The van der Waals surface area contributed by atoms with Gasteiger partial charge in [0.15, 0.2) is 5.17 Å². The Morgan fingerprint density at radius 1 is 1.57 bits per heavy atom. The lowest BCUT2D eigenvalue weighted by Crippen LogP contribution is -2.34. The van der Waals surface area contributed by atoms with Crippen LogP contribution in [0.1, 0.15) is 25.8 Å². The van der Waals surface area contributed by atoms with E-state index in [1.54, 1.807) is 23.9 Å². The molecule has 0 aliphatic carbocycles. The van der Waals surface area contributed by atoms with Gasteiger partial charge in [0, 0.05) is 31.0 Å².